The van der Waals surface area contributed by atoms with Crippen LogP contribution in [0.5, 0.6) is 5.75 Å². The first-order valence-electron chi connectivity index (χ1n) is 11.6. The second kappa shape index (κ2) is 10.3. The maximum atomic E-state index is 13.2. The summed E-state index contributed by atoms with van der Waals surface area (Å²) in [6, 6.07) is 17.4. The number of aromatic amines is 2. The largest absolute Gasteiger partial charge is 0.573 e. The highest BCUT2D eigenvalue weighted by Crippen LogP contribution is 2.32. The summed E-state index contributed by atoms with van der Waals surface area (Å²) in [5, 5.41) is 2.42. The van der Waals surface area contributed by atoms with Crippen LogP contribution in [0.25, 0.3) is 22.2 Å². The predicted molar refractivity (Wildman–Crippen MR) is 136 cm³/mol. The van der Waals surface area contributed by atoms with Gasteiger partial charge in [0.2, 0.25) is 0 Å². The predicted octanol–water partition coefficient (Wildman–Crippen LogP) is 3.96. The molecule has 0 radical (unpaired) electrons. The molecule has 39 heavy (non-hydrogen) atoms. The number of nitrogens with zero attached hydrogens (tertiary/aromatic N) is 2. The van der Waals surface area contributed by atoms with Crippen molar-refractivity contribution in [3.8, 4) is 16.9 Å². The fourth-order valence-electron chi connectivity index (χ4n) is 4.02. The van der Waals surface area contributed by atoms with Crippen LogP contribution in [0, 0.1) is 0 Å². The molecule has 0 aliphatic carbocycles. The fourth-order valence-corrected chi connectivity index (χ4v) is 4.02. The van der Waals surface area contributed by atoms with Gasteiger partial charge in [0.1, 0.15) is 11.4 Å². The SMILES string of the molecule is O=C(NCc1ccc(-c2cnc3cc[nH]c3c2)cc1OC(F)(F)F)c1cc(=O)n(Cc2ccccc2)c(=O)[nH]1. The van der Waals surface area contributed by atoms with Crippen molar-refractivity contribution in [1.29, 1.82) is 0 Å². The lowest BCUT2D eigenvalue weighted by molar-refractivity contribution is -0.274. The number of rotatable bonds is 7. The highest BCUT2D eigenvalue weighted by molar-refractivity contribution is 5.92. The van der Waals surface area contributed by atoms with Gasteiger partial charge in [-0.25, -0.2) is 4.79 Å². The van der Waals surface area contributed by atoms with Crippen molar-refractivity contribution in [2.24, 2.45) is 0 Å². The van der Waals surface area contributed by atoms with E-state index in [0.717, 1.165) is 10.6 Å². The first-order chi connectivity index (χ1) is 18.7. The average Bonchev–Trinajstić information content (AvgIpc) is 3.37. The van der Waals surface area contributed by atoms with Crippen LogP contribution < -0.4 is 21.3 Å². The zero-order valence-corrected chi connectivity index (χ0v) is 20.1. The van der Waals surface area contributed by atoms with Crippen molar-refractivity contribution in [2.75, 3.05) is 0 Å². The number of fused-ring (bicyclic) bond motifs is 1. The molecule has 9 nitrogen and oxygen atoms in total. The summed E-state index contributed by atoms with van der Waals surface area (Å²) in [6.07, 6.45) is -1.75. The monoisotopic (exact) mass is 535 g/mol. The molecule has 0 unspecified atom stereocenters. The second-order valence-corrected chi connectivity index (χ2v) is 8.59. The molecule has 0 aliphatic heterocycles. The van der Waals surface area contributed by atoms with Crippen LogP contribution in [-0.2, 0) is 13.1 Å². The molecule has 0 spiro atoms. The quantitative estimate of drug-likeness (QED) is 0.291. The molecule has 12 heteroatoms. The first-order valence-corrected chi connectivity index (χ1v) is 11.6. The molecule has 3 aromatic heterocycles. The van der Waals surface area contributed by atoms with E-state index in [2.05, 4.69) is 25.0 Å². The highest BCUT2D eigenvalue weighted by Gasteiger charge is 2.32. The maximum absolute atomic E-state index is 13.2. The molecule has 3 N–H and O–H groups in total. The van der Waals surface area contributed by atoms with E-state index >= 15 is 0 Å². The number of aromatic nitrogens is 4. The van der Waals surface area contributed by atoms with Gasteiger partial charge in [0.15, 0.2) is 0 Å². The van der Waals surface area contributed by atoms with Gasteiger partial charge in [-0.3, -0.25) is 19.1 Å². The molecule has 0 fully saturated rings. The molecule has 198 valence electrons. The smallest absolute Gasteiger partial charge is 0.405 e. The Bertz CT molecular complexity index is 1740. The summed E-state index contributed by atoms with van der Waals surface area (Å²) < 4.78 is 44.7. The Morgan fingerprint density at radius 3 is 2.54 bits per heavy atom. The van der Waals surface area contributed by atoms with Gasteiger partial charge in [-0.2, -0.15) is 0 Å². The van der Waals surface area contributed by atoms with Gasteiger partial charge in [0.05, 0.1) is 17.6 Å². The van der Waals surface area contributed by atoms with Gasteiger partial charge in [-0.15, -0.1) is 13.2 Å². The summed E-state index contributed by atoms with van der Waals surface area (Å²) in [5.74, 6) is -1.36. The molecule has 0 bridgehead atoms. The summed E-state index contributed by atoms with van der Waals surface area (Å²) in [7, 11) is 0. The van der Waals surface area contributed by atoms with Crippen molar-refractivity contribution in [2.45, 2.75) is 19.5 Å². The lowest BCUT2D eigenvalue weighted by Crippen LogP contribution is -2.38. The third-order valence-electron chi connectivity index (χ3n) is 5.91. The van der Waals surface area contributed by atoms with E-state index in [-0.39, 0.29) is 24.3 Å². The number of nitrogens with one attached hydrogen (secondary N) is 3. The van der Waals surface area contributed by atoms with Gasteiger partial charge in [0.25, 0.3) is 11.5 Å². The Labute approximate surface area is 217 Å². The minimum absolute atomic E-state index is 0.00765. The molecule has 5 aromatic rings. The highest BCUT2D eigenvalue weighted by atomic mass is 19.4. The number of benzene rings is 2. The Hall–Kier alpha value is -5.13. The summed E-state index contributed by atoms with van der Waals surface area (Å²) in [6.45, 7) is -0.360. The first kappa shape index (κ1) is 25.5. The Morgan fingerprint density at radius 2 is 1.79 bits per heavy atom. The molecule has 0 atom stereocenters. The van der Waals surface area contributed by atoms with Gasteiger partial charge in [-0.05, 0) is 29.3 Å². The number of pyridine rings is 1. The van der Waals surface area contributed by atoms with Crippen LogP contribution in [0.1, 0.15) is 21.6 Å². The molecule has 0 aliphatic rings. The summed E-state index contributed by atoms with van der Waals surface area (Å²) in [5.41, 5.74) is 1.30. The summed E-state index contributed by atoms with van der Waals surface area (Å²) in [4.78, 5) is 47.3. The van der Waals surface area contributed by atoms with E-state index in [1.54, 1.807) is 54.7 Å². The maximum Gasteiger partial charge on any atom is 0.573 e. The van der Waals surface area contributed by atoms with Crippen molar-refractivity contribution in [3.05, 3.63) is 117 Å². The minimum Gasteiger partial charge on any atom is -0.405 e. The van der Waals surface area contributed by atoms with E-state index in [9.17, 15) is 27.6 Å². The van der Waals surface area contributed by atoms with Crippen molar-refractivity contribution >= 4 is 16.9 Å². The molecule has 3 heterocycles. The molecular weight excluding hydrogens is 515 g/mol. The van der Waals surface area contributed by atoms with E-state index in [1.807, 2.05) is 0 Å². The standard InChI is InChI=1S/C27H20F3N5O4/c28-27(29,30)39-23-11-17(19-10-21-20(32-14-19)8-9-31-21)6-7-18(23)13-33-25(37)22-12-24(36)35(26(38)34-22)15-16-4-2-1-3-5-16/h1-12,14,31H,13,15H2,(H,33,37)(H,34,38). The third kappa shape index (κ3) is 5.90. The minimum atomic E-state index is -4.98. The fraction of sp³-hybridized carbons (Fsp3) is 0.111. The van der Waals surface area contributed by atoms with Gasteiger partial charge in [0, 0.05) is 36.1 Å². The van der Waals surface area contributed by atoms with Gasteiger partial charge < -0.3 is 20.0 Å². The molecular formula is C27H20F3N5O4. The number of H-pyrrole nitrogens is 2. The second-order valence-electron chi connectivity index (χ2n) is 8.59. The van der Waals surface area contributed by atoms with E-state index in [1.165, 1.54) is 18.3 Å². The Kier molecular flexibility index (Phi) is 6.75. The normalized spacial score (nSPS) is 11.5. The zero-order chi connectivity index (χ0) is 27.6. The molecule has 0 saturated heterocycles. The van der Waals surface area contributed by atoms with Crippen molar-refractivity contribution in [1.82, 2.24) is 24.8 Å². The number of hydrogen-bond acceptors (Lipinski definition) is 5. The zero-order valence-electron chi connectivity index (χ0n) is 20.1. The van der Waals surface area contributed by atoms with Crippen LogP contribution in [0.2, 0.25) is 0 Å². The van der Waals surface area contributed by atoms with E-state index in [4.69, 9.17) is 0 Å². The number of alkyl halides is 3. The number of amides is 1. The molecule has 0 saturated carbocycles. The van der Waals surface area contributed by atoms with Crippen molar-refractivity contribution in [3.63, 3.8) is 0 Å². The van der Waals surface area contributed by atoms with Crippen LogP contribution in [-0.4, -0.2) is 31.8 Å². The number of halogens is 3. The average molecular weight is 535 g/mol. The number of ether oxygens (including phenoxy) is 1. The third-order valence-corrected chi connectivity index (χ3v) is 5.91. The Balaban J connectivity index is 1.36. The van der Waals surface area contributed by atoms with Crippen LogP contribution in [0.4, 0.5) is 13.2 Å². The molecule has 2 aromatic carbocycles. The Morgan fingerprint density at radius 1 is 1.00 bits per heavy atom. The lowest BCUT2D eigenvalue weighted by atomic mass is 10.0. The number of hydrogen-bond donors (Lipinski definition) is 3. The molecule has 1 amide bonds. The topological polar surface area (TPSA) is 122 Å². The van der Waals surface area contributed by atoms with E-state index < -0.39 is 29.3 Å². The van der Waals surface area contributed by atoms with Crippen LogP contribution >= 0.6 is 0 Å². The summed E-state index contributed by atoms with van der Waals surface area (Å²) >= 11 is 0. The van der Waals surface area contributed by atoms with Gasteiger partial charge in [-0.1, -0.05) is 42.5 Å². The number of carbonyl (C=O) groups is 1. The van der Waals surface area contributed by atoms with Gasteiger partial charge >= 0.3 is 12.1 Å². The van der Waals surface area contributed by atoms with E-state index in [0.29, 0.717) is 27.7 Å². The van der Waals surface area contributed by atoms with Crippen LogP contribution in [0.15, 0.2) is 88.7 Å². The van der Waals surface area contributed by atoms with Crippen molar-refractivity contribution < 1.29 is 22.7 Å². The number of carbonyl (C=O) groups excluding carboxylic acids is 1. The lowest BCUT2D eigenvalue weighted by Gasteiger charge is -2.15. The van der Waals surface area contributed by atoms with Crippen LogP contribution in [0.3, 0.4) is 0 Å². The molecule has 5 rings (SSSR count).